The zero-order chi connectivity index (χ0) is 21.3. The van der Waals surface area contributed by atoms with Crippen LogP contribution in [0, 0.1) is 0 Å². The third kappa shape index (κ3) is 6.61. The lowest BCUT2D eigenvalue weighted by Gasteiger charge is -2.30. The minimum atomic E-state index is -0.723. The van der Waals surface area contributed by atoms with E-state index in [0.29, 0.717) is 11.5 Å². The fourth-order valence-corrected chi connectivity index (χ4v) is 3.54. The second-order valence-corrected chi connectivity index (χ2v) is 7.12. The molecule has 0 spiro atoms. The molecule has 2 aromatic rings. The maximum absolute atomic E-state index is 10.6. The number of methoxy groups -OCH3 is 2. The molecule has 1 unspecified atom stereocenters. The SMILES string of the molecule is CCNC(=NCC(O)c1ccc(OC)c(OC)c1)N1CC=C(c2ccccc2)CC1.I. The van der Waals surface area contributed by atoms with E-state index in [9.17, 15) is 5.11 Å². The molecule has 0 saturated carbocycles. The van der Waals surface area contributed by atoms with Crippen LogP contribution < -0.4 is 14.8 Å². The first kappa shape index (κ1) is 25.0. The van der Waals surface area contributed by atoms with Gasteiger partial charge in [-0.2, -0.15) is 0 Å². The summed E-state index contributed by atoms with van der Waals surface area (Å²) in [5.74, 6) is 2.06. The Morgan fingerprint density at radius 2 is 1.87 bits per heavy atom. The molecule has 2 aromatic carbocycles. The molecule has 0 amide bonds. The molecule has 0 fully saturated rings. The maximum Gasteiger partial charge on any atom is 0.194 e. The molecular formula is C24H32IN3O3. The highest BCUT2D eigenvalue weighted by atomic mass is 127. The lowest BCUT2D eigenvalue weighted by atomic mass is 10.00. The minimum Gasteiger partial charge on any atom is -0.493 e. The van der Waals surface area contributed by atoms with Gasteiger partial charge in [-0.15, -0.1) is 24.0 Å². The molecule has 0 radical (unpaired) electrons. The number of rotatable bonds is 7. The number of nitrogens with zero attached hydrogens (tertiary/aromatic N) is 2. The molecule has 7 heteroatoms. The predicted octanol–water partition coefficient (Wildman–Crippen LogP) is 4.11. The largest absolute Gasteiger partial charge is 0.493 e. The van der Waals surface area contributed by atoms with Crippen molar-refractivity contribution in [1.29, 1.82) is 0 Å². The highest BCUT2D eigenvalue weighted by molar-refractivity contribution is 14.0. The van der Waals surface area contributed by atoms with Gasteiger partial charge in [0, 0.05) is 19.6 Å². The molecular weight excluding hydrogens is 505 g/mol. The predicted molar refractivity (Wildman–Crippen MR) is 137 cm³/mol. The van der Waals surface area contributed by atoms with Crippen molar-refractivity contribution < 1.29 is 14.6 Å². The quantitative estimate of drug-likeness (QED) is 0.316. The van der Waals surface area contributed by atoms with Crippen LogP contribution in [0.1, 0.15) is 30.6 Å². The first-order chi connectivity index (χ1) is 14.7. The molecule has 1 aliphatic rings. The number of benzene rings is 2. The lowest BCUT2D eigenvalue weighted by molar-refractivity contribution is 0.186. The van der Waals surface area contributed by atoms with Crippen molar-refractivity contribution in [2.24, 2.45) is 4.99 Å². The third-order valence-corrected chi connectivity index (χ3v) is 5.19. The number of ether oxygens (including phenoxy) is 2. The second-order valence-electron chi connectivity index (χ2n) is 7.12. The van der Waals surface area contributed by atoms with Gasteiger partial charge in [0.05, 0.1) is 26.9 Å². The van der Waals surface area contributed by atoms with Crippen LogP contribution in [0.3, 0.4) is 0 Å². The van der Waals surface area contributed by atoms with Crippen molar-refractivity contribution in [1.82, 2.24) is 10.2 Å². The number of guanidine groups is 1. The molecule has 31 heavy (non-hydrogen) atoms. The second kappa shape index (κ2) is 12.6. The van der Waals surface area contributed by atoms with Gasteiger partial charge in [0.25, 0.3) is 0 Å². The van der Waals surface area contributed by atoms with Gasteiger partial charge in [-0.3, -0.25) is 4.99 Å². The van der Waals surface area contributed by atoms with Crippen LogP contribution >= 0.6 is 24.0 Å². The van der Waals surface area contributed by atoms with Gasteiger partial charge in [-0.1, -0.05) is 42.5 Å². The van der Waals surface area contributed by atoms with E-state index < -0.39 is 6.10 Å². The van der Waals surface area contributed by atoms with Crippen LogP contribution in [0.2, 0.25) is 0 Å². The molecule has 3 rings (SSSR count). The third-order valence-electron chi connectivity index (χ3n) is 5.19. The zero-order valence-corrected chi connectivity index (χ0v) is 20.7. The van der Waals surface area contributed by atoms with E-state index in [1.165, 1.54) is 11.1 Å². The smallest absolute Gasteiger partial charge is 0.194 e. The van der Waals surface area contributed by atoms with E-state index in [4.69, 9.17) is 9.47 Å². The summed E-state index contributed by atoms with van der Waals surface area (Å²) >= 11 is 0. The van der Waals surface area contributed by atoms with Gasteiger partial charge in [0.1, 0.15) is 0 Å². The van der Waals surface area contributed by atoms with Crippen LogP contribution in [0.15, 0.2) is 59.6 Å². The van der Waals surface area contributed by atoms with E-state index in [2.05, 4.69) is 52.5 Å². The van der Waals surface area contributed by atoms with Crippen LogP contribution in [-0.4, -0.2) is 56.4 Å². The van der Waals surface area contributed by atoms with Gasteiger partial charge in [0.15, 0.2) is 17.5 Å². The maximum atomic E-state index is 10.6. The normalized spacial score (nSPS) is 14.9. The highest BCUT2D eigenvalue weighted by Gasteiger charge is 2.17. The van der Waals surface area contributed by atoms with Crippen molar-refractivity contribution >= 4 is 35.5 Å². The molecule has 0 aromatic heterocycles. The molecule has 6 nitrogen and oxygen atoms in total. The Morgan fingerprint density at radius 1 is 1.13 bits per heavy atom. The van der Waals surface area contributed by atoms with Gasteiger partial charge >= 0.3 is 0 Å². The van der Waals surface area contributed by atoms with Crippen LogP contribution in [0.4, 0.5) is 0 Å². The molecule has 0 bridgehead atoms. The molecule has 1 aliphatic heterocycles. The number of nitrogens with one attached hydrogen (secondary N) is 1. The Hall–Kier alpha value is -2.26. The Kier molecular flexibility index (Phi) is 10.1. The summed E-state index contributed by atoms with van der Waals surface area (Å²) in [6, 6.07) is 15.9. The average Bonchev–Trinajstić information content (AvgIpc) is 2.81. The highest BCUT2D eigenvalue weighted by Crippen LogP contribution is 2.30. The summed E-state index contributed by atoms with van der Waals surface area (Å²) in [5, 5.41) is 14.0. The number of aliphatic imine (C=N–C) groups is 1. The first-order valence-corrected chi connectivity index (χ1v) is 10.3. The average molecular weight is 537 g/mol. The fourth-order valence-electron chi connectivity index (χ4n) is 3.54. The monoisotopic (exact) mass is 537 g/mol. The first-order valence-electron chi connectivity index (χ1n) is 10.3. The summed E-state index contributed by atoms with van der Waals surface area (Å²) in [4.78, 5) is 6.91. The van der Waals surface area contributed by atoms with Crippen LogP contribution in [0.25, 0.3) is 5.57 Å². The number of hydrogen-bond acceptors (Lipinski definition) is 4. The number of halogens is 1. The summed E-state index contributed by atoms with van der Waals surface area (Å²) in [7, 11) is 3.18. The van der Waals surface area contributed by atoms with Crippen molar-refractivity contribution in [3.8, 4) is 11.5 Å². The lowest BCUT2D eigenvalue weighted by Crippen LogP contribution is -2.43. The molecule has 0 aliphatic carbocycles. The van der Waals surface area contributed by atoms with Gasteiger partial charge in [0.2, 0.25) is 0 Å². The Labute approximate surface area is 202 Å². The Bertz CT molecular complexity index is 887. The number of aliphatic hydroxyl groups excluding tert-OH is 1. The topological polar surface area (TPSA) is 66.3 Å². The van der Waals surface area contributed by atoms with E-state index in [0.717, 1.165) is 37.6 Å². The van der Waals surface area contributed by atoms with Crippen molar-refractivity contribution in [2.75, 3.05) is 40.4 Å². The van der Waals surface area contributed by atoms with Crippen molar-refractivity contribution in [3.05, 3.63) is 65.7 Å². The molecule has 2 N–H and O–H groups in total. The fraction of sp³-hybridized carbons (Fsp3) is 0.375. The van der Waals surface area contributed by atoms with Gasteiger partial charge in [-0.25, -0.2) is 0 Å². The summed E-state index contributed by atoms with van der Waals surface area (Å²) in [6.45, 7) is 4.78. The van der Waals surface area contributed by atoms with Crippen molar-refractivity contribution in [2.45, 2.75) is 19.4 Å². The molecule has 0 saturated heterocycles. The van der Waals surface area contributed by atoms with E-state index >= 15 is 0 Å². The van der Waals surface area contributed by atoms with Crippen molar-refractivity contribution in [3.63, 3.8) is 0 Å². The summed E-state index contributed by atoms with van der Waals surface area (Å²) in [6.07, 6.45) is 2.50. The summed E-state index contributed by atoms with van der Waals surface area (Å²) in [5.41, 5.74) is 3.40. The molecule has 1 heterocycles. The number of hydrogen-bond donors (Lipinski definition) is 2. The number of aliphatic hydroxyl groups is 1. The van der Waals surface area contributed by atoms with E-state index in [1.807, 2.05) is 12.1 Å². The van der Waals surface area contributed by atoms with Crippen LogP contribution in [0.5, 0.6) is 11.5 Å². The Morgan fingerprint density at radius 3 is 2.48 bits per heavy atom. The standard InChI is InChI=1S/C24H31N3O3.HI/c1-4-25-24(27-14-12-19(13-15-27)18-8-6-5-7-9-18)26-17-21(28)20-10-11-22(29-2)23(16-20)30-3;/h5-12,16,21,28H,4,13-15,17H2,1-3H3,(H,25,26);1H. The molecule has 168 valence electrons. The Balaban J connectivity index is 0.00000341. The van der Waals surface area contributed by atoms with E-state index in [-0.39, 0.29) is 30.5 Å². The van der Waals surface area contributed by atoms with Crippen LogP contribution in [-0.2, 0) is 0 Å². The zero-order valence-electron chi connectivity index (χ0n) is 18.4. The van der Waals surface area contributed by atoms with Gasteiger partial charge in [-0.05, 0) is 42.2 Å². The molecule has 1 atom stereocenters. The van der Waals surface area contributed by atoms with Gasteiger partial charge < -0.3 is 24.8 Å². The van der Waals surface area contributed by atoms with E-state index in [1.54, 1.807) is 26.4 Å². The summed E-state index contributed by atoms with van der Waals surface area (Å²) < 4.78 is 10.6. The minimum absolute atomic E-state index is 0.